The highest BCUT2D eigenvalue weighted by atomic mass is 35.5. The summed E-state index contributed by atoms with van der Waals surface area (Å²) >= 11 is 6.01. The average molecular weight is 342 g/mol. The van der Waals surface area contributed by atoms with Gasteiger partial charge in [-0.05, 0) is 31.0 Å². The van der Waals surface area contributed by atoms with Gasteiger partial charge in [0.1, 0.15) is 0 Å². The molecule has 1 saturated carbocycles. The van der Waals surface area contributed by atoms with Crippen LogP contribution in [0.15, 0.2) is 36.8 Å². The van der Waals surface area contributed by atoms with Gasteiger partial charge in [0.05, 0.1) is 10.6 Å². The number of nitrogens with one attached hydrogen (secondary N) is 1. The monoisotopic (exact) mass is 341 g/mol. The summed E-state index contributed by atoms with van der Waals surface area (Å²) in [6, 6.07) is 5.62. The highest BCUT2D eigenvalue weighted by molar-refractivity contribution is 6.30. The van der Waals surface area contributed by atoms with Gasteiger partial charge in [0.25, 0.3) is 5.91 Å². The molecule has 1 aliphatic carbocycles. The lowest BCUT2D eigenvalue weighted by molar-refractivity contribution is 0.0937. The van der Waals surface area contributed by atoms with Crippen molar-refractivity contribution < 1.29 is 4.79 Å². The number of hydrogen-bond acceptors (Lipinski definition) is 4. The molecule has 0 radical (unpaired) electrons. The number of pyridine rings is 2. The molecule has 1 amide bonds. The highest BCUT2D eigenvalue weighted by Crippen LogP contribution is 2.22. The van der Waals surface area contributed by atoms with Gasteiger partial charge in [-0.2, -0.15) is 0 Å². The summed E-state index contributed by atoms with van der Waals surface area (Å²) < 4.78 is 1.79. The normalized spacial score (nSPS) is 15.0. The van der Waals surface area contributed by atoms with Crippen LogP contribution in [0, 0.1) is 0 Å². The zero-order valence-corrected chi connectivity index (χ0v) is 13.7. The second-order valence-electron chi connectivity index (χ2n) is 6.02. The van der Waals surface area contributed by atoms with Crippen LogP contribution in [0.1, 0.15) is 36.0 Å². The van der Waals surface area contributed by atoms with Crippen LogP contribution in [-0.4, -0.2) is 31.5 Å². The maximum absolute atomic E-state index is 12.5. The van der Waals surface area contributed by atoms with Crippen molar-refractivity contribution in [2.75, 3.05) is 0 Å². The number of fused-ring (bicyclic) bond motifs is 1. The Hall–Kier alpha value is -2.47. The Bertz CT molecular complexity index is 901. The minimum atomic E-state index is -0.0623. The van der Waals surface area contributed by atoms with Gasteiger partial charge in [-0.1, -0.05) is 24.4 Å². The Balaban J connectivity index is 1.69. The molecular formula is C17H16ClN5O. The van der Waals surface area contributed by atoms with Gasteiger partial charge in [0.15, 0.2) is 11.5 Å². The molecular weight excluding hydrogens is 326 g/mol. The van der Waals surface area contributed by atoms with Crippen LogP contribution in [0.4, 0.5) is 0 Å². The molecule has 0 aromatic carbocycles. The summed E-state index contributed by atoms with van der Waals surface area (Å²) in [6.45, 7) is 0. The highest BCUT2D eigenvalue weighted by Gasteiger charge is 2.19. The minimum absolute atomic E-state index is 0.0623. The van der Waals surface area contributed by atoms with Gasteiger partial charge >= 0.3 is 0 Å². The van der Waals surface area contributed by atoms with E-state index in [1.807, 2.05) is 0 Å². The van der Waals surface area contributed by atoms with E-state index in [1.165, 1.54) is 12.8 Å². The average Bonchev–Trinajstić information content (AvgIpc) is 3.23. The quantitative estimate of drug-likeness (QED) is 0.794. The second-order valence-corrected chi connectivity index (χ2v) is 6.45. The fourth-order valence-corrected chi connectivity index (χ4v) is 3.27. The maximum Gasteiger partial charge on any atom is 0.252 e. The number of halogens is 1. The lowest BCUT2D eigenvalue weighted by Crippen LogP contribution is -2.32. The SMILES string of the molecule is O=C(NC1CCCC1)c1ccc2nnc(-c3cncc(Cl)c3)n2c1. The molecule has 0 aliphatic heterocycles. The molecule has 24 heavy (non-hydrogen) atoms. The van der Waals surface area contributed by atoms with E-state index in [0.717, 1.165) is 18.4 Å². The molecule has 3 aromatic rings. The van der Waals surface area contributed by atoms with Crippen LogP contribution in [0.5, 0.6) is 0 Å². The third-order valence-corrected chi connectivity index (χ3v) is 4.52. The molecule has 0 unspecified atom stereocenters. The van der Waals surface area contributed by atoms with Crippen molar-refractivity contribution >= 4 is 23.2 Å². The van der Waals surface area contributed by atoms with E-state index in [0.29, 0.717) is 22.1 Å². The Morgan fingerprint density at radius 3 is 2.83 bits per heavy atom. The number of aromatic nitrogens is 4. The van der Waals surface area contributed by atoms with Crippen LogP contribution in [-0.2, 0) is 0 Å². The van der Waals surface area contributed by atoms with Crippen LogP contribution in [0.2, 0.25) is 5.02 Å². The Morgan fingerprint density at radius 1 is 1.21 bits per heavy atom. The molecule has 1 fully saturated rings. The zero-order valence-electron chi connectivity index (χ0n) is 12.9. The second kappa shape index (κ2) is 6.20. The lowest BCUT2D eigenvalue weighted by Gasteiger charge is -2.12. The van der Waals surface area contributed by atoms with Gasteiger partial charge in [-0.3, -0.25) is 14.2 Å². The topological polar surface area (TPSA) is 72.2 Å². The van der Waals surface area contributed by atoms with Crippen molar-refractivity contribution in [3.05, 3.63) is 47.4 Å². The van der Waals surface area contributed by atoms with E-state index in [4.69, 9.17) is 11.6 Å². The molecule has 0 bridgehead atoms. The Labute approximate surface area is 143 Å². The Kier molecular flexibility index (Phi) is 3.90. The molecule has 3 aromatic heterocycles. The summed E-state index contributed by atoms with van der Waals surface area (Å²) in [7, 11) is 0. The third-order valence-electron chi connectivity index (χ3n) is 4.32. The van der Waals surface area contributed by atoms with E-state index in [1.54, 1.807) is 41.2 Å². The van der Waals surface area contributed by atoms with Crippen LogP contribution in [0.25, 0.3) is 17.0 Å². The van der Waals surface area contributed by atoms with Crippen molar-refractivity contribution in [1.29, 1.82) is 0 Å². The molecule has 3 heterocycles. The van der Waals surface area contributed by atoms with E-state index < -0.39 is 0 Å². The lowest BCUT2D eigenvalue weighted by atomic mass is 10.2. The van der Waals surface area contributed by atoms with Crippen LogP contribution < -0.4 is 5.32 Å². The summed E-state index contributed by atoms with van der Waals surface area (Å²) in [6.07, 6.45) is 9.47. The number of carbonyl (C=O) groups is 1. The van der Waals surface area contributed by atoms with E-state index in [2.05, 4.69) is 20.5 Å². The largest absolute Gasteiger partial charge is 0.349 e. The fraction of sp³-hybridized carbons (Fsp3) is 0.294. The van der Waals surface area contributed by atoms with Crippen molar-refractivity contribution in [1.82, 2.24) is 24.9 Å². The standard InChI is InChI=1S/C17H16ClN5O/c18-13-7-12(8-19-9-13)16-22-21-15-6-5-11(10-23(15)16)17(24)20-14-3-1-2-4-14/h5-10,14H,1-4H2,(H,20,24). The number of carbonyl (C=O) groups excluding carboxylic acids is 1. The predicted octanol–water partition coefficient (Wildman–Crippen LogP) is 3.12. The first kappa shape index (κ1) is 15.1. The van der Waals surface area contributed by atoms with Crippen LogP contribution in [0.3, 0.4) is 0 Å². The van der Waals surface area contributed by atoms with E-state index >= 15 is 0 Å². The van der Waals surface area contributed by atoms with Gasteiger partial charge in [0, 0.05) is 30.2 Å². The molecule has 122 valence electrons. The maximum atomic E-state index is 12.5. The van der Waals surface area contributed by atoms with Gasteiger partial charge in [-0.15, -0.1) is 10.2 Å². The van der Waals surface area contributed by atoms with Crippen molar-refractivity contribution in [2.24, 2.45) is 0 Å². The number of rotatable bonds is 3. The Morgan fingerprint density at radius 2 is 2.04 bits per heavy atom. The number of nitrogens with zero attached hydrogens (tertiary/aromatic N) is 4. The first-order valence-electron chi connectivity index (χ1n) is 7.97. The summed E-state index contributed by atoms with van der Waals surface area (Å²) in [5.74, 6) is 0.545. The zero-order chi connectivity index (χ0) is 16.5. The third kappa shape index (κ3) is 2.85. The van der Waals surface area contributed by atoms with Crippen molar-refractivity contribution in [3.8, 4) is 11.4 Å². The van der Waals surface area contributed by atoms with Gasteiger partial charge < -0.3 is 5.32 Å². The molecule has 1 N–H and O–H groups in total. The first-order valence-corrected chi connectivity index (χ1v) is 8.35. The molecule has 1 aliphatic rings. The van der Waals surface area contributed by atoms with E-state index in [-0.39, 0.29) is 11.9 Å². The number of hydrogen-bond donors (Lipinski definition) is 1. The first-order chi connectivity index (χ1) is 11.7. The molecule has 0 spiro atoms. The molecule has 0 saturated heterocycles. The minimum Gasteiger partial charge on any atom is -0.349 e. The summed E-state index contributed by atoms with van der Waals surface area (Å²) in [4.78, 5) is 16.6. The van der Waals surface area contributed by atoms with Gasteiger partial charge in [0.2, 0.25) is 0 Å². The van der Waals surface area contributed by atoms with Crippen molar-refractivity contribution in [2.45, 2.75) is 31.7 Å². The molecule has 0 atom stereocenters. The van der Waals surface area contributed by atoms with E-state index in [9.17, 15) is 4.79 Å². The van der Waals surface area contributed by atoms with Crippen molar-refractivity contribution in [3.63, 3.8) is 0 Å². The smallest absolute Gasteiger partial charge is 0.252 e. The summed E-state index contributed by atoms with van der Waals surface area (Å²) in [5.41, 5.74) is 2.01. The predicted molar refractivity (Wildman–Crippen MR) is 91.0 cm³/mol. The van der Waals surface area contributed by atoms with Gasteiger partial charge in [-0.25, -0.2) is 0 Å². The molecule has 6 nitrogen and oxygen atoms in total. The van der Waals surface area contributed by atoms with Crippen LogP contribution >= 0.6 is 11.6 Å². The number of amides is 1. The molecule has 7 heteroatoms. The summed E-state index contributed by atoms with van der Waals surface area (Å²) in [5, 5.41) is 12.0. The molecule has 4 rings (SSSR count). The fourth-order valence-electron chi connectivity index (χ4n) is 3.09.